The molecule has 1 heterocycles. The van der Waals surface area contributed by atoms with Crippen LogP contribution in [0.5, 0.6) is 0 Å². The predicted octanol–water partition coefficient (Wildman–Crippen LogP) is 2.68. The second-order valence-corrected chi connectivity index (χ2v) is 8.67. The van der Waals surface area contributed by atoms with E-state index in [0.717, 1.165) is 12.1 Å². The second kappa shape index (κ2) is 5.92. The van der Waals surface area contributed by atoms with Crippen molar-refractivity contribution in [3.05, 3.63) is 11.3 Å². The summed E-state index contributed by atoms with van der Waals surface area (Å²) in [5.74, 6) is 0.184. The van der Waals surface area contributed by atoms with E-state index in [0.29, 0.717) is 12.4 Å². The molecule has 1 atom stereocenters. The summed E-state index contributed by atoms with van der Waals surface area (Å²) < 4.78 is 18.3. The first-order valence-electron chi connectivity index (χ1n) is 6.07. The first-order valence-corrected chi connectivity index (χ1v) is 8.66. The van der Waals surface area contributed by atoms with Gasteiger partial charge >= 0.3 is 12.6 Å². The lowest BCUT2D eigenvalue weighted by Crippen LogP contribution is -2.30. The quantitative estimate of drug-likeness (QED) is 0.452. The molecule has 0 aliphatic carbocycles. The minimum absolute atomic E-state index is 0.354. The van der Waals surface area contributed by atoms with Gasteiger partial charge in [0.2, 0.25) is 0 Å². The Morgan fingerprint density at radius 2 is 2.00 bits per heavy atom. The fraction of sp³-hybridized carbons (Fsp3) is 0.750. The molecule has 0 saturated carbocycles. The fourth-order valence-electron chi connectivity index (χ4n) is 1.90. The van der Waals surface area contributed by atoms with Gasteiger partial charge in [0.1, 0.15) is 11.2 Å². The van der Waals surface area contributed by atoms with Crippen LogP contribution < -0.4 is 0 Å². The Kier molecular flexibility index (Phi) is 5.18. The Bertz CT molecular complexity index is 443. The fourth-order valence-corrected chi connectivity index (χ4v) is 4.26. The summed E-state index contributed by atoms with van der Waals surface area (Å²) in [5.41, 5.74) is 0.00940. The maximum atomic E-state index is 11.9. The highest BCUT2D eigenvalue weighted by Gasteiger charge is 2.41. The highest BCUT2D eigenvalue weighted by Crippen LogP contribution is 2.58. The average Bonchev–Trinajstić information content (AvgIpc) is 2.65. The van der Waals surface area contributed by atoms with Crippen molar-refractivity contribution in [2.75, 3.05) is 27.3 Å². The van der Waals surface area contributed by atoms with Crippen LogP contribution >= 0.6 is 6.64 Å². The van der Waals surface area contributed by atoms with Gasteiger partial charge in [-0.25, -0.2) is 4.67 Å². The molecule has 1 aliphatic rings. The van der Waals surface area contributed by atoms with Gasteiger partial charge in [0, 0.05) is 6.54 Å². The molecule has 1 fully saturated rings. The van der Waals surface area contributed by atoms with Crippen molar-refractivity contribution in [2.45, 2.75) is 27.7 Å². The summed E-state index contributed by atoms with van der Waals surface area (Å²) in [5, 5.41) is 0. The zero-order valence-corrected chi connectivity index (χ0v) is 14.1. The van der Waals surface area contributed by atoms with Crippen LogP contribution in [0.4, 0.5) is 0 Å². The van der Waals surface area contributed by atoms with Gasteiger partial charge in [-0.2, -0.15) is 0 Å². The van der Waals surface area contributed by atoms with Crippen molar-refractivity contribution in [2.24, 2.45) is 5.41 Å². The SMILES string of the molecule is COC(=O)C(C)(C)C(OP1(=S)OCCN1C)=C(C)C. The summed E-state index contributed by atoms with van der Waals surface area (Å²) in [4.78, 5) is 11.9. The van der Waals surface area contributed by atoms with E-state index in [1.165, 1.54) is 7.11 Å². The summed E-state index contributed by atoms with van der Waals surface area (Å²) in [6.45, 7) is 6.08. The van der Waals surface area contributed by atoms with Crippen LogP contribution in [-0.4, -0.2) is 37.9 Å². The normalized spacial score (nSPS) is 24.1. The van der Waals surface area contributed by atoms with E-state index < -0.39 is 12.1 Å². The van der Waals surface area contributed by atoms with Crippen LogP contribution in [0.15, 0.2) is 11.3 Å². The summed E-state index contributed by atoms with van der Waals surface area (Å²) in [6.07, 6.45) is 0. The van der Waals surface area contributed by atoms with Gasteiger partial charge < -0.3 is 13.8 Å². The molecule has 1 unspecified atom stereocenters. The average molecular weight is 307 g/mol. The monoisotopic (exact) mass is 307 g/mol. The maximum absolute atomic E-state index is 11.9. The number of hydrogen-bond donors (Lipinski definition) is 0. The molecule has 0 radical (unpaired) electrons. The van der Waals surface area contributed by atoms with Crippen molar-refractivity contribution >= 4 is 24.4 Å². The second-order valence-electron chi connectivity index (χ2n) is 5.22. The molecule has 1 rings (SSSR count). The van der Waals surface area contributed by atoms with E-state index in [1.807, 2.05) is 25.6 Å². The highest BCUT2D eigenvalue weighted by molar-refractivity contribution is 8.08. The van der Waals surface area contributed by atoms with E-state index in [2.05, 4.69) is 0 Å². The molecule has 5 nitrogen and oxygen atoms in total. The minimum Gasteiger partial charge on any atom is -0.468 e. The van der Waals surface area contributed by atoms with E-state index in [1.54, 1.807) is 13.8 Å². The minimum atomic E-state index is -2.52. The van der Waals surface area contributed by atoms with Crippen LogP contribution in [0.25, 0.3) is 0 Å². The summed E-state index contributed by atoms with van der Waals surface area (Å²) >= 11 is 5.48. The van der Waals surface area contributed by atoms with Crippen LogP contribution in [0, 0.1) is 5.41 Å². The number of hydrogen-bond acceptors (Lipinski definition) is 5. The number of nitrogens with zero attached hydrogens (tertiary/aromatic N) is 1. The van der Waals surface area contributed by atoms with Gasteiger partial charge in [0.05, 0.1) is 13.7 Å². The number of allylic oxidation sites excluding steroid dienone is 1. The Morgan fingerprint density at radius 1 is 1.42 bits per heavy atom. The van der Waals surface area contributed by atoms with Gasteiger partial charge in [-0.3, -0.25) is 4.79 Å². The molecule has 1 aliphatic heterocycles. The van der Waals surface area contributed by atoms with E-state index >= 15 is 0 Å². The van der Waals surface area contributed by atoms with Gasteiger partial charge in [0.15, 0.2) is 0 Å². The predicted molar refractivity (Wildman–Crippen MR) is 78.1 cm³/mol. The zero-order valence-electron chi connectivity index (χ0n) is 12.3. The van der Waals surface area contributed by atoms with Crippen molar-refractivity contribution in [1.29, 1.82) is 0 Å². The number of rotatable bonds is 4. The molecule has 0 aromatic carbocycles. The Morgan fingerprint density at radius 3 is 2.37 bits per heavy atom. The Balaban J connectivity index is 3.09. The molecule has 7 heteroatoms. The topological polar surface area (TPSA) is 48.0 Å². The molecular formula is C12H22NO4PS. The molecule has 0 spiro atoms. The van der Waals surface area contributed by atoms with Crippen LogP contribution in [0.2, 0.25) is 0 Å². The van der Waals surface area contributed by atoms with Crippen LogP contribution in [0.3, 0.4) is 0 Å². The zero-order chi connectivity index (χ0) is 14.8. The largest absolute Gasteiger partial charge is 0.468 e. The number of carbonyl (C=O) groups excluding carboxylic acids is 1. The summed E-state index contributed by atoms with van der Waals surface area (Å²) in [7, 11) is 3.24. The van der Waals surface area contributed by atoms with Gasteiger partial charge in [-0.05, 0) is 52.1 Å². The molecule has 0 N–H and O–H groups in total. The van der Waals surface area contributed by atoms with E-state index in [-0.39, 0.29) is 5.97 Å². The van der Waals surface area contributed by atoms with Gasteiger partial charge in [0.25, 0.3) is 0 Å². The summed E-state index contributed by atoms with van der Waals surface area (Å²) in [6, 6.07) is 0. The number of ether oxygens (including phenoxy) is 1. The van der Waals surface area contributed by atoms with Crippen molar-refractivity contribution in [3.8, 4) is 0 Å². The van der Waals surface area contributed by atoms with Crippen molar-refractivity contribution < 1.29 is 18.6 Å². The Labute approximate surface area is 120 Å². The number of esters is 1. The van der Waals surface area contributed by atoms with Gasteiger partial charge in [-0.15, -0.1) is 0 Å². The van der Waals surface area contributed by atoms with Crippen molar-refractivity contribution in [1.82, 2.24) is 4.67 Å². The number of methoxy groups -OCH3 is 1. The van der Waals surface area contributed by atoms with E-state index in [9.17, 15) is 4.79 Å². The molecule has 19 heavy (non-hydrogen) atoms. The third kappa shape index (κ3) is 3.37. The lowest BCUT2D eigenvalue weighted by molar-refractivity contribution is -0.149. The van der Waals surface area contributed by atoms with Gasteiger partial charge in [-0.1, -0.05) is 0 Å². The van der Waals surface area contributed by atoms with Crippen LogP contribution in [-0.2, 0) is 30.4 Å². The molecule has 0 bridgehead atoms. The third-order valence-electron chi connectivity index (χ3n) is 3.01. The van der Waals surface area contributed by atoms with E-state index in [4.69, 9.17) is 25.6 Å². The lowest BCUT2D eigenvalue weighted by atomic mass is 9.89. The first-order chi connectivity index (χ1) is 8.65. The standard InChI is InChI=1S/C12H22NO4PS/c1-9(2)10(12(3,4)11(14)15-6)17-18(19)13(5)7-8-16-18/h7-8H2,1-6H3. The Hall–Kier alpha value is -0.420. The molecule has 0 aromatic rings. The maximum Gasteiger partial charge on any atom is 0.318 e. The molecule has 1 saturated heterocycles. The number of carbonyl (C=O) groups is 1. The highest BCUT2D eigenvalue weighted by atomic mass is 32.5. The molecule has 110 valence electrons. The number of likely N-dealkylation sites (N-methyl/N-ethyl adjacent to an activating group) is 1. The van der Waals surface area contributed by atoms with Crippen molar-refractivity contribution in [3.63, 3.8) is 0 Å². The van der Waals surface area contributed by atoms with Crippen LogP contribution in [0.1, 0.15) is 27.7 Å². The molecular weight excluding hydrogens is 285 g/mol. The molecule has 0 aromatic heterocycles. The lowest BCUT2D eigenvalue weighted by Gasteiger charge is -2.31. The first kappa shape index (κ1) is 16.6. The molecule has 0 amide bonds. The smallest absolute Gasteiger partial charge is 0.318 e. The third-order valence-corrected chi connectivity index (χ3v) is 6.35.